The average molecular weight is 185 g/mol. The largest absolute Gasteiger partial charge is 0.378 e. The van der Waals surface area contributed by atoms with Crippen molar-refractivity contribution in [2.75, 3.05) is 6.61 Å². The number of hydrogen-bond donors (Lipinski definition) is 1. The van der Waals surface area contributed by atoms with Gasteiger partial charge in [0.2, 0.25) is 0 Å². The molecule has 0 aromatic heterocycles. The Morgan fingerprint density at radius 3 is 2.38 bits per heavy atom. The van der Waals surface area contributed by atoms with Gasteiger partial charge < -0.3 is 10.5 Å². The molecule has 3 atom stereocenters. The van der Waals surface area contributed by atoms with Crippen molar-refractivity contribution in [3.05, 3.63) is 0 Å². The van der Waals surface area contributed by atoms with Gasteiger partial charge in [-0.1, -0.05) is 26.7 Å². The first-order valence-electron chi connectivity index (χ1n) is 5.56. The second kappa shape index (κ2) is 4.97. The van der Waals surface area contributed by atoms with E-state index in [9.17, 15) is 0 Å². The van der Waals surface area contributed by atoms with Crippen LogP contribution in [0.3, 0.4) is 0 Å². The molecule has 0 saturated carbocycles. The lowest BCUT2D eigenvalue weighted by Gasteiger charge is -2.25. The second-order valence-corrected chi connectivity index (χ2v) is 4.29. The SMILES string of the molecule is CCC(CC)C(N)C1COC(C)C1. The molecule has 2 heteroatoms. The Morgan fingerprint density at radius 1 is 1.38 bits per heavy atom. The van der Waals surface area contributed by atoms with E-state index in [0.717, 1.165) is 13.0 Å². The maximum atomic E-state index is 6.23. The number of hydrogen-bond acceptors (Lipinski definition) is 2. The van der Waals surface area contributed by atoms with Crippen molar-refractivity contribution in [1.29, 1.82) is 0 Å². The third kappa shape index (κ3) is 2.68. The molecule has 1 aliphatic heterocycles. The molecule has 0 amide bonds. The predicted molar refractivity (Wildman–Crippen MR) is 55.6 cm³/mol. The molecule has 1 saturated heterocycles. The van der Waals surface area contributed by atoms with Gasteiger partial charge >= 0.3 is 0 Å². The topological polar surface area (TPSA) is 35.2 Å². The van der Waals surface area contributed by atoms with Crippen molar-refractivity contribution in [1.82, 2.24) is 0 Å². The molecule has 0 aromatic rings. The highest BCUT2D eigenvalue weighted by Crippen LogP contribution is 2.27. The van der Waals surface area contributed by atoms with E-state index in [1.54, 1.807) is 0 Å². The zero-order valence-electron chi connectivity index (χ0n) is 9.12. The molecular formula is C11H23NO. The van der Waals surface area contributed by atoms with Gasteiger partial charge in [-0.05, 0) is 19.3 Å². The standard InChI is InChI=1S/C11H23NO/c1-4-9(5-2)11(12)10-6-8(3)13-7-10/h8-11H,4-7,12H2,1-3H3. The molecule has 1 heterocycles. The lowest BCUT2D eigenvalue weighted by atomic mass is 9.84. The molecular weight excluding hydrogens is 162 g/mol. The van der Waals surface area contributed by atoms with Crippen LogP contribution in [0.1, 0.15) is 40.0 Å². The summed E-state index contributed by atoms with van der Waals surface area (Å²) in [4.78, 5) is 0. The van der Waals surface area contributed by atoms with Crippen molar-refractivity contribution in [2.45, 2.75) is 52.2 Å². The number of rotatable bonds is 4. The monoisotopic (exact) mass is 185 g/mol. The Balaban J connectivity index is 2.41. The second-order valence-electron chi connectivity index (χ2n) is 4.29. The Kier molecular flexibility index (Phi) is 4.20. The zero-order chi connectivity index (χ0) is 9.84. The fourth-order valence-corrected chi connectivity index (χ4v) is 2.34. The van der Waals surface area contributed by atoms with Gasteiger partial charge in [-0.3, -0.25) is 0 Å². The minimum absolute atomic E-state index is 0.347. The van der Waals surface area contributed by atoms with E-state index in [1.165, 1.54) is 12.8 Å². The van der Waals surface area contributed by atoms with Crippen molar-refractivity contribution < 1.29 is 4.74 Å². The van der Waals surface area contributed by atoms with E-state index < -0.39 is 0 Å². The van der Waals surface area contributed by atoms with E-state index in [2.05, 4.69) is 20.8 Å². The first kappa shape index (κ1) is 11.0. The van der Waals surface area contributed by atoms with Gasteiger partial charge in [-0.15, -0.1) is 0 Å². The van der Waals surface area contributed by atoms with Crippen LogP contribution in [0.4, 0.5) is 0 Å². The van der Waals surface area contributed by atoms with Gasteiger partial charge in [-0.2, -0.15) is 0 Å². The number of ether oxygens (including phenoxy) is 1. The molecule has 0 aromatic carbocycles. The molecule has 78 valence electrons. The minimum atomic E-state index is 0.347. The van der Waals surface area contributed by atoms with Gasteiger partial charge in [-0.25, -0.2) is 0 Å². The molecule has 1 rings (SSSR count). The first-order chi connectivity index (χ1) is 6.19. The maximum Gasteiger partial charge on any atom is 0.0551 e. The van der Waals surface area contributed by atoms with Gasteiger partial charge in [0.15, 0.2) is 0 Å². The summed E-state index contributed by atoms with van der Waals surface area (Å²) in [7, 11) is 0. The maximum absolute atomic E-state index is 6.23. The molecule has 0 radical (unpaired) electrons. The predicted octanol–water partition coefficient (Wildman–Crippen LogP) is 2.17. The summed E-state index contributed by atoms with van der Waals surface area (Å²) >= 11 is 0. The van der Waals surface area contributed by atoms with Gasteiger partial charge in [0.25, 0.3) is 0 Å². The summed E-state index contributed by atoms with van der Waals surface area (Å²) in [6, 6.07) is 0.347. The van der Waals surface area contributed by atoms with E-state index in [-0.39, 0.29) is 0 Å². The van der Waals surface area contributed by atoms with Crippen molar-refractivity contribution >= 4 is 0 Å². The Labute approximate surface area is 81.8 Å². The van der Waals surface area contributed by atoms with Crippen molar-refractivity contribution in [3.8, 4) is 0 Å². The van der Waals surface area contributed by atoms with Crippen molar-refractivity contribution in [3.63, 3.8) is 0 Å². The Hall–Kier alpha value is -0.0800. The quantitative estimate of drug-likeness (QED) is 0.728. The molecule has 1 aliphatic rings. The highest BCUT2D eigenvalue weighted by Gasteiger charge is 2.30. The average Bonchev–Trinajstić information content (AvgIpc) is 2.54. The first-order valence-corrected chi connectivity index (χ1v) is 5.56. The molecule has 2 N–H and O–H groups in total. The van der Waals surface area contributed by atoms with Crippen LogP contribution in [-0.4, -0.2) is 18.8 Å². The summed E-state index contributed by atoms with van der Waals surface area (Å²) in [6.07, 6.45) is 3.97. The summed E-state index contributed by atoms with van der Waals surface area (Å²) in [5, 5.41) is 0. The van der Waals surface area contributed by atoms with Crippen LogP contribution in [0.15, 0.2) is 0 Å². The minimum Gasteiger partial charge on any atom is -0.378 e. The third-order valence-electron chi connectivity index (χ3n) is 3.37. The van der Waals surface area contributed by atoms with E-state index >= 15 is 0 Å². The van der Waals surface area contributed by atoms with Gasteiger partial charge in [0, 0.05) is 12.0 Å². The summed E-state index contributed by atoms with van der Waals surface area (Å²) in [5.74, 6) is 1.28. The van der Waals surface area contributed by atoms with Crippen LogP contribution in [-0.2, 0) is 4.74 Å². The van der Waals surface area contributed by atoms with Crippen LogP contribution in [0.5, 0.6) is 0 Å². The van der Waals surface area contributed by atoms with Crippen LogP contribution in [0.2, 0.25) is 0 Å². The highest BCUT2D eigenvalue weighted by atomic mass is 16.5. The molecule has 3 unspecified atom stereocenters. The Bertz CT molecular complexity index is 145. The highest BCUT2D eigenvalue weighted by molar-refractivity contribution is 4.83. The number of nitrogens with two attached hydrogens (primary N) is 1. The fraction of sp³-hybridized carbons (Fsp3) is 1.00. The van der Waals surface area contributed by atoms with Crippen LogP contribution in [0.25, 0.3) is 0 Å². The normalized spacial score (nSPS) is 31.2. The van der Waals surface area contributed by atoms with E-state index in [0.29, 0.717) is 24.0 Å². The Morgan fingerprint density at radius 2 is 2.00 bits per heavy atom. The molecule has 13 heavy (non-hydrogen) atoms. The smallest absolute Gasteiger partial charge is 0.0551 e. The van der Waals surface area contributed by atoms with E-state index in [4.69, 9.17) is 10.5 Å². The van der Waals surface area contributed by atoms with Crippen molar-refractivity contribution in [2.24, 2.45) is 17.6 Å². The summed E-state index contributed by atoms with van der Waals surface area (Å²) in [5.41, 5.74) is 6.23. The van der Waals surface area contributed by atoms with Crippen LogP contribution < -0.4 is 5.73 Å². The summed E-state index contributed by atoms with van der Waals surface area (Å²) in [6.45, 7) is 7.47. The lowest BCUT2D eigenvalue weighted by molar-refractivity contribution is 0.115. The zero-order valence-corrected chi connectivity index (χ0v) is 9.12. The third-order valence-corrected chi connectivity index (χ3v) is 3.37. The van der Waals surface area contributed by atoms with Gasteiger partial charge in [0.05, 0.1) is 12.7 Å². The van der Waals surface area contributed by atoms with E-state index in [1.807, 2.05) is 0 Å². The fourth-order valence-electron chi connectivity index (χ4n) is 2.34. The molecule has 0 aliphatic carbocycles. The van der Waals surface area contributed by atoms with Gasteiger partial charge in [0.1, 0.15) is 0 Å². The lowest BCUT2D eigenvalue weighted by Crippen LogP contribution is -2.37. The molecule has 0 bridgehead atoms. The molecule has 0 spiro atoms. The molecule has 1 fully saturated rings. The molecule has 2 nitrogen and oxygen atoms in total. The van der Waals surface area contributed by atoms with Crippen LogP contribution >= 0.6 is 0 Å². The van der Waals surface area contributed by atoms with Crippen LogP contribution in [0, 0.1) is 11.8 Å². The summed E-state index contributed by atoms with van der Waals surface area (Å²) < 4.78 is 5.55.